The number of anilines is 1. The van der Waals surface area contributed by atoms with E-state index in [0.717, 1.165) is 52.6 Å². The Bertz CT molecular complexity index is 1780. The third-order valence-corrected chi connectivity index (χ3v) is 9.60. The summed E-state index contributed by atoms with van der Waals surface area (Å²) < 4.78 is 3.85. The number of likely N-dealkylation sites (tertiary alicyclic amines) is 1. The number of benzene rings is 2. The fourth-order valence-corrected chi connectivity index (χ4v) is 7.13. The molecule has 40 heavy (non-hydrogen) atoms. The van der Waals surface area contributed by atoms with Crippen molar-refractivity contribution in [1.29, 1.82) is 0 Å². The van der Waals surface area contributed by atoms with Crippen LogP contribution in [0.25, 0.3) is 38.6 Å². The van der Waals surface area contributed by atoms with Crippen molar-refractivity contribution in [2.45, 2.75) is 64.1 Å². The Labute approximate surface area is 234 Å². The first kappa shape index (κ1) is 25.0. The third-order valence-electron chi connectivity index (χ3n) is 9.60. The lowest BCUT2D eigenvalue weighted by Gasteiger charge is -2.58. The van der Waals surface area contributed by atoms with E-state index in [1.807, 2.05) is 66.9 Å². The Morgan fingerprint density at radius 2 is 1.88 bits per heavy atom. The summed E-state index contributed by atoms with van der Waals surface area (Å²) in [7, 11) is 0. The van der Waals surface area contributed by atoms with Gasteiger partial charge in [0.15, 0.2) is 0 Å². The van der Waals surface area contributed by atoms with Crippen LogP contribution in [0, 0.1) is 5.92 Å². The van der Waals surface area contributed by atoms with Gasteiger partial charge in [0.2, 0.25) is 0 Å². The van der Waals surface area contributed by atoms with E-state index < -0.39 is 0 Å². The lowest BCUT2D eigenvalue weighted by Crippen LogP contribution is -2.64. The van der Waals surface area contributed by atoms with Crippen LogP contribution in [0.3, 0.4) is 0 Å². The Morgan fingerprint density at radius 1 is 1.07 bits per heavy atom. The summed E-state index contributed by atoms with van der Waals surface area (Å²) in [4.78, 5) is 20.7. The highest BCUT2D eigenvalue weighted by Gasteiger charge is 2.46. The number of hydrogen-bond donors (Lipinski definition) is 1. The molecular formula is C33H36N6O. The smallest absolute Gasteiger partial charge is 0.262 e. The summed E-state index contributed by atoms with van der Waals surface area (Å²) >= 11 is 0. The van der Waals surface area contributed by atoms with Crippen LogP contribution in [0.4, 0.5) is 5.82 Å². The fraction of sp³-hybridized carbons (Fsp3) is 0.364. The molecule has 2 fully saturated rings. The molecule has 0 amide bonds. The molecule has 2 atom stereocenters. The average Bonchev–Trinajstić information content (AvgIpc) is 3.33. The summed E-state index contributed by atoms with van der Waals surface area (Å²) in [6.45, 7) is 8.23. The van der Waals surface area contributed by atoms with E-state index in [9.17, 15) is 4.79 Å². The van der Waals surface area contributed by atoms with Gasteiger partial charge in [-0.25, -0.2) is 4.98 Å². The SMILES string of the molecule is CC[C@@]1(C)C[C@@H](C)N1CC1CC(n2nc(-c3ccc4ccn(-c5ccccc5)c(=O)c4c3)c3c(N)nccc32)C1. The number of nitrogens with two attached hydrogens (primary N) is 1. The van der Waals surface area contributed by atoms with Gasteiger partial charge in [-0.05, 0) is 81.2 Å². The summed E-state index contributed by atoms with van der Waals surface area (Å²) in [5, 5.41) is 7.55. The first-order valence-corrected chi connectivity index (χ1v) is 14.5. The number of fused-ring (bicyclic) bond motifs is 2. The summed E-state index contributed by atoms with van der Waals surface area (Å²) in [5.74, 6) is 1.15. The number of rotatable bonds is 6. The van der Waals surface area contributed by atoms with Gasteiger partial charge in [-0.15, -0.1) is 0 Å². The molecule has 0 spiro atoms. The van der Waals surface area contributed by atoms with Gasteiger partial charge < -0.3 is 5.73 Å². The van der Waals surface area contributed by atoms with Crippen molar-refractivity contribution in [3.8, 4) is 16.9 Å². The van der Waals surface area contributed by atoms with Crippen molar-refractivity contribution in [2.75, 3.05) is 12.3 Å². The second-order valence-corrected chi connectivity index (χ2v) is 12.1. The van der Waals surface area contributed by atoms with E-state index in [2.05, 4.69) is 35.3 Å². The van der Waals surface area contributed by atoms with Gasteiger partial charge in [0.1, 0.15) is 11.5 Å². The zero-order chi connectivity index (χ0) is 27.6. The van der Waals surface area contributed by atoms with Gasteiger partial charge in [-0.1, -0.05) is 37.3 Å². The molecule has 7 heteroatoms. The zero-order valence-corrected chi connectivity index (χ0v) is 23.4. The van der Waals surface area contributed by atoms with Crippen molar-refractivity contribution >= 4 is 27.5 Å². The van der Waals surface area contributed by atoms with Gasteiger partial charge in [0.25, 0.3) is 5.56 Å². The van der Waals surface area contributed by atoms with Crippen molar-refractivity contribution < 1.29 is 0 Å². The van der Waals surface area contributed by atoms with Crippen molar-refractivity contribution in [3.63, 3.8) is 0 Å². The van der Waals surface area contributed by atoms with Crippen LogP contribution in [-0.2, 0) is 0 Å². The Morgan fingerprint density at radius 3 is 2.62 bits per heavy atom. The molecule has 7 nitrogen and oxygen atoms in total. The molecule has 204 valence electrons. The van der Waals surface area contributed by atoms with Gasteiger partial charge in [-0.2, -0.15) is 5.10 Å². The molecule has 0 unspecified atom stereocenters. The summed E-state index contributed by atoms with van der Waals surface area (Å²) in [5.41, 5.74) is 10.3. The van der Waals surface area contributed by atoms with E-state index >= 15 is 0 Å². The minimum atomic E-state index is -0.0541. The zero-order valence-electron chi connectivity index (χ0n) is 23.4. The number of nitrogen functional groups attached to an aromatic ring is 1. The van der Waals surface area contributed by atoms with Crippen LogP contribution in [0.1, 0.15) is 52.5 Å². The second-order valence-electron chi connectivity index (χ2n) is 12.1. The molecule has 1 saturated heterocycles. The minimum absolute atomic E-state index is 0.0541. The number of nitrogens with zero attached hydrogens (tertiary/aromatic N) is 5. The first-order chi connectivity index (χ1) is 19.4. The van der Waals surface area contributed by atoms with Crippen LogP contribution in [0.5, 0.6) is 0 Å². The molecule has 0 radical (unpaired) electrons. The van der Waals surface area contributed by atoms with E-state index in [1.54, 1.807) is 10.8 Å². The quantitative estimate of drug-likeness (QED) is 0.282. The molecule has 2 aliphatic rings. The third kappa shape index (κ3) is 3.86. The second kappa shape index (κ2) is 9.30. The monoisotopic (exact) mass is 532 g/mol. The van der Waals surface area contributed by atoms with Crippen LogP contribution < -0.4 is 11.3 Å². The van der Waals surface area contributed by atoms with Crippen LogP contribution in [0.2, 0.25) is 0 Å². The summed E-state index contributed by atoms with van der Waals surface area (Å²) in [6.07, 6.45) is 8.32. The van der Waals surface area contributed by atoms with Gasteiger partial charge in [-0.3, -0.25) is 18.9 Å². The first-order valence-electron chi connectivity index (χ1n) is 14.5. The van der Waals surface area contributed by atoms with Crippen molar-refractivity contribution in [2.24, 2.45) is 5.92 Å². The van der Waals surface area contributed by atoms with E-state index in [-0.39, 0.29) is 5.56 Å². The van der Waals surface area contributed by atoms with Gasteiger partial charge in [0.05, 0.1) is 16.9 Å². The molecule has 1 aliphatic heterocycles. The maximum Gasteiger partial charge on any atom is 0.262 e. The standard InChI is InChI=1S/C33H36N6O/c1-4-33(3)19-21(2)38(33)20-22-16-26(17-22)39-28-12-14-35-31(34)29(28)30(36-39)24-11-10-23-13-15-37(32(40)27(23)18-24)25-8-6-5-7-9-25/h5-15,18,21-22,26H,4,16-17,19-20H2,1-3H3,(H2,34,35)/t21-,22?,26?,33+/m1/s1. The predicted octanol–water partition coefficient (Wildman–Crippen LogP) is 6.20. The molecule has 0 bridgehead atoms. The van der Waals surface area contributed by atoms with Gasteiger partial charge >= 0.3 is 0 Å². The topological polar surface area (TPSA) is 82.0 Å². The molecule has 7 rings (SSSR count). The molecule has 2 aromatic carbocycles. The molecule has 2 N–H and O–H groups in total. The average molecular weight is 533 g/mol. The number of hydrogen-bond acceptors (Lipinski definition) is 5. The predicted molar refractivity (Wildman–Crippen MR) is 162 cm³/mol. The lowest BCUT2D eigenvalue weighted by molar-refractivity contribution is -0.0777. The van der Waals surface area contributed by atoms with Crippen LogP contribution in [0.15, 0.2) is 77.9 Å². The van der Waals surface area contributed by atoms with Crippen molar-refractivity contribution in [3.05, 3.63) is 83.4 Å². The number of para-hydroxylation sites is 1. The Hall–Kier alpha value is -3.97. The minimum Gasteiger partial charge on any atom is -0.383 e. The Kier molecular flexibility index (Phi) is 5.82. The molecule has 3 aromatic heterocycles. The summed E-state index contributed by atoms with van der Waals surface area (Å²) in [6, 6.07) is 20.7. The molecule has 5 aromatic rings. The number of aromatic nitrogens is 4. The van der Waals surface area contributed by atoms with Crippen molar-refractivity contribution in [1.82, 2.24) is 24.2 Å². The van der Waals surface area contributed by atoms with E-state index in [1.165, 1.54) is 12.8 Å². The Balaban J connectivity index is 1.24. The maximum absolute atomic E-state index is 13.6. The lowest BCUT2D eigenvalue weighted by atomic mass is 9.74. The molecule has 1 saturated carbocycles. The van der Waals surface area contributed by atoms with Crippen LogP contribution >= 0.6 is 0 Å². The van der Waals surface area contributed by atoms with Gasteiger partial charge in [0, 0.05) is 47.2 Å². The number of pyridine rings is 2. The van der Waals surface area contributed by atoms with E-state index in [4.69, 9.17) is 10.8 Å². The van der Waals surface area contributed by atoms with E-state index in [0.29, 0.717) is 34.7 Å². The molecular weight excluding hydrogens is 496 g/mol. The fourth-order valence-electron chi connectivity index (χ4n) is 7.13. The largest absolute Gasteiger partial charge is 0.383 e. The highest BCUT2D eigenvalue weighted by molar-refractivity contribution is 6.01. The molecule has 4 heterocycles. The van der Waals surface area contributed by atoms with Crippen LogP contribution in [-0.4, -0.2) is 42.4 Å². The highest BCUT2D eigenvalue weighted by Crippen LogP contribution is 2.46. The normalized spacial score (nSPS) is 24.7. The molecule has 1 aliphatic carbocycles. The highest BCUT2D eigenvalue weighted by atomic mass is 16.1. The maximum atomic E-state index is 13.6.